The number of amides is 1. The molecular weight excluding hydrogens is 514 g/mol. The van der Waals surface area contributed by atoms with Crippen LogP contribution in [0.5, 0.6) is 0 Å². The molecule has 1 amide bonds. The molecule has 0 fully saturated rings. The highest BCUT2D eigenvalue weighted by molar-refractivity contribution is 7.92. The Balaban J connectivity index is 1.25. The Morgan fingerprint density at radius 3 is 2.22 bits per heavy atom. The van der Waals surface area contributed by atoms with E-state index in [1.165, 1.54) is 29.8 Å². The molecule has 9 heteroatoms. The van der Waals surface area contributed by atoms with Crippen molar-refractivity contribution in [2.24, 2.45) is 0 Å². The lowest BCUT2D eigenvalue weighted by Crippen LogP contribution is -2.14. The molecule has 180 valence electrons. The number of aryl methyl sites for hydroxylation is 1. The summed E-state index contributed by atoms with van der Waals surface area (Å²) in [5.41, 5.74) is 4.53. The van der Waals surface area contributed by atoms with Crippen molar-refractivity contribution < 1.29 is 13.2 Å². The van der Waals surface area contributed by atoms with Crippen molar-refractivity contribution in [2.45, 2.75) is 11.8 Å². The molecule has 0 saturated heterocycles. The van der Waals surface area contributed by atoms with Gasteiger partial charge in [-0.05, 0) is 97.4 Å². The van der Waals surface area contributed by atoms with Crippen LogP contribution in [0.25, 0.3) is 20.8 Å². The van der Waals surface area contributed by atoms with Crippen molar-refractivity contribution in [3.05, 3.63) is 107 Å². The van der Waals surface area contributed by atoms with E-state index >= 15 is 0 Å². The maximum Gasteiger partial charge on any atom is 0.261 e. The molecule has 0 aliphatic carbocycles. The summed E-state index contributed by atoms with van der Waals surface area (Å²) < 4.78 is 28.7. The van der Waals surface area contributed by atoms with Gasteiger partial charge in [-0.3, -0.25) is 9.52 Å². The topological polar surface area (TPSA) is 88.2 Å². The first kappa shape index (κ1) is 24.0. The lowest BCUT2D eigenvalue weighted by Gasteiger charge is -2.10. The third-order valence-electron chi connectivity index (χ3n) is 5.46. The van der Waals surface area contributed by atoms with Crippen LogP contribution in [-0.4, -0.2) is 19.3 Å². The van der Waals surface area contributed by atoms with E-state index in [-0.39, 0.29) is 10.8 Å². The van der Waals surface area contributed by atoms with Gasteiger partial charge in [0.05, 0.1) is 15.1 Å². The lowest BCUT2D eigenvalue weighted by atomic mass is 10.1. The van der Waals surface area contributed by atoms with Crippen molar-refractivity contribution in [2.75, 3.05) is 10.0 Å². The normalized spacial score (nSPS) is 11.4. The Morgan fingerprint density at radius 2 is 1.53 bits per heavy atom. The number of halogens is 1. The quantitative estimate of drug-likeness (QED) is 0.246. The number of aromatic nitrogens is 1. The van der Waals surface area contributed by atoms with Gasteiger partial charge in [0.15, 0.2) is 0 Å². The van der Waals surface area contributed by atoms with Crippen LogP contribution in [0.3, 0.4) is 0 Å². The first-order valence-electron chi connectivity index (χ1n) is 10.9. The summed E-state index contributed by atoms with van der Waals surface area (Å²) in [6.45, 7) is 2.06. The van der Waals surface area contributed by atoms with Crippen molar-refractivity contribution in [3.63, 3.8) is 0 Å². The number of sulfonamides is 1. The highest BCUT2D eigenvalue weighted by Crippen LogP contribution is 2.31. The highest BCUT2D eigenvalue weighted by atomic mass is 35.5. The smallest absolute Gasteiger partial charge is 0.261 e. The predicted molar refractivity (Wildman–Crippen MR) is 146 cm³/mol. The molecule has 0 aliphatic heterocycles. The summed E-state index contributed by atoms with van der Waals surface area (Å²) in [5.74, 6) is -0.301. The van der Waals surface area contributed by atoms with Crippen molar-refractivity contribution in [1.29, 1.82) is 0 Å². The number of thiazole rings is 1. The second kappa shape index (κ2) is 9.73. The second-order valence-corrected chi connectivity index (χ2v) is 11.3. The number of fused-ring (bicyclic) bond motifs is 1. The van der Waals surface area contributed by atoms with Crippen LogP contribution in [0.2, 0.25) is 5.02 Å². The van der Waals surface area contributed by atoms with Gasteiger partial charge in [-0.25, -0.2) is 13.4 Å². The molecule has 5 rings (SSSR count). The summed E-state index contributed by atoms with van der Waals surface area (Å²) in [6, 6.07) is 25.8. The molecule has 1 aromatic heterocycles. The van der Waals surface area contributed by atoms with E-state index in [0.717, 1.165) is 20.8 Å². The minimum Gasteiger partial charge on any atom is -0.322 e. The monoisotopic (exact) mass is 533 g/mol. The van der Waals surface area contributed by atoms with Gasteiger partial charge < -0.3 is 5.32 Å². The third kappa shape index (κ3) is 5.26. The minimum atomic E-state index is -3.76. The Hall–Kier alpha value is -3.72. The van der Waals surface area contributed by atoms with E-state index in [1.807, 2.05) is 36.4 Å². The molecule has 6 nitrogen and oxygen atoms in total. The SMILES string of the molecule is Cc1ccc2nc(-c3ccc(NC(=O)c4ccc(NS(=O)(=O)c5ccc(Cl)cc5)cc4)cc3)sc2c1. The number of benzene rings is 4. The van der Waals surface area contributed by atoms with E-state index in [4.69, 9.17) is 16.6 Å². The van der Waals surface area contributed by atoms with Gasteiger partial charge in [0.25, 0.3) is 15.9 Å². The molecule has 4 aromatic carbocycles. The number of nitrogens with zero attached hydrogens (tertiary/aromatic N) is 1. The summed E-state index contributed by atoms with van der Waals surface area (Å²) in [7, 11) is -3.76. The Labute approximate surface area is 217 Å². The van der Waals surface area contributed by atoms with Crippen LogP contribution in [0.1, 0.15) is 15.9 Å². The van der Waals surface area contributed by atoms with Crippen LogP contribution in [0, 0.1) is 6.92 Å². The molecule has 1 heterocycles. The number of carbonyl (C=O) groups is 1. The summed E-state index contributed by atoms with van der Waals surface area (Å²) in [4.78, 5) is 17.5. The van der Waals surface area contributed by atoms with E-state index < -0.39 is 10.0 Å². The fraction of sp³-hybridized carbons (Fsp3) is 0.0370. The predicted octanol–water partition coefficient (Wildman–Crippen LogP) is 6.98. The van der Waals surface area contributed by atoms with Crippen LogP contribution in [0.15, 0.2) is 95.9 Å². The molecule has 36 heavy (non-hydrogen) atoms. The van der Waals surface area contributed by atoms with Crippen molar-refractivity contribution >= 4 is 60.5 Å². The molecule has 0 aliphatic rings. The maximum atomic E-state index is 12.7. The van der Waals surface area contributed by atoms with Crippen LogP contribution >= 0.6 is 22.9 Å². The summed E-state index contributed by atoms with van der Waals surface area (Å²) in [6.07, 6.45) is 0. The standard InChI is InChI=1S/C27H20ClN3O3S2/c1-17-2-15-24-25(16-17)35-27(30-24)19-5-9-21(10-6-19)29-26(32)18-3-11-22(12-4-18)31-36(33,34)23-13-7-20(28)8-14-23/h2-16,31H,1H3,(H,29,32). The Kier molecular flexibility index (Phi) is 6.49. The van der Waals surface area contributed by atoms with E-state index in [0.29, 0.717) is 22.0 Å². The molecule has 0 saturated carbocycles. The average molecular weight is 534 g/mol. The number of rotatable bonds is 6. The van der Waals surface area contributed by atoms with Crippen molar-refractivity contribution in [3.8, 4) is 10.6 Å². The van der Waals surface area contributed by atoms with Crippen LogP contribution in [-0.2, 0) is 10.0 Å². The number of hydrogen-bond donors (Lipinski definition) is 2. The molecular formula is C27H20ClN3O3S2. The first-order valence-corrected chi connectivity index (χ1v) is 13.6. The third-order valence-corrected chi connectivity index (χ3v) is 8.17. The zero-order valence-electron chi connectivity index (χ0n) is 19.0. The zero-order chi connectivity index (χ0) is 25.3. The fourth-order valence-corrected chi connectivity index (χ4v) is 5.83. The fourth-order valence-electron chi connectivity index (χ4n) is 3.57. The number of hydrogen-bond acceptors (Lipinski definition) is 5. The largest absolute Gasteiger partial charge is 0.322 e. The molecule has 0 unspecified atom stereocenters. The minimum absolute atomic E-state index is 0.0955. The Morgan fingerprint density at radius 1 is 0.861 bits per heavy atom. The van der Waals surface area contributed by atoms with Gasteiger partial charge in [-0.1, -0.05) is 17.7 Å². The highest BCUT2D eigenvalue weighted by Gasteiger charge is 2.15. The van der Waals surface area contributed by atoms with Gasteiger partial charge in [0, 0.05) is 27.5 Å². The van der Waals surface area contributed by atoms with E-state index in [1.54, 1.807) is 35.6 Å². The van der Waals surface area contributed by atoms with Gasteiger partial charge in [0.2, 0.25) is 0 Å². The maximum absolute atomic E-state index is 12.7. The Bertz CT molecular complexity index is 1660. The van der Waals surface area contributed by atoms with Crippen LogP contribution in [0.4, 0.5) is 11.4 Å². The van der Waals surface area contributed by atoms with Crippen molar-refractivity contribution in [1.82, 2.24) is 4.98 Å². The van der Waals surface area contributed by atoms with Gasteiger partial charge in [-0.15, -0.1) is 11.3 Å². The number of anilines is 2. The molecule has 0 atom stereocenters. The molecule has 2 N–H and O–H groups in total. The number of carbonyl (C=O) groups excluding carboxylic acids is 1. The number of nitrogens with one attached hydrogen (secondary N) is 2. The van der Waals surface area contributed by atoms with Gasteiger partial charge >= 0.3 is 0 Å². The average Bonchev–Trinajstić information content (AvgIpc) is 3.28. The summed E-state index contributed by atoms with van der Waals surface area (Å²) in [5, 5.41) is 4.23. The molecule has 0 radical (unpaired) electrons. The van der Waals surface area contributed by atoms with Crippen LogP contribution < -0.4 is 10.0 Å². The van der Waals surface area contributed by atoms with Gasteiger partial charge in [0.1, 0.15) is 5.01 Å². The molecule has 5 aromatic rings. The van der Waals surface area contributed by atoms with Gasteiger partial charge in [-0.2, -0.15) is 0 Å². The first-order chi connectivity index (χ1) is 17.3. The zero-order valence-corrected chi connectivity index (χ0v) is 21.4. The summed E-state index contributed by atoms with van der Waals surface area (Å²) >= 11 is 7.46. The van der Waals surface area contributed by atoms with E-state index in [9.17, 15) is 13.2 Å². The van der Waals surface area contributed by atoms with E-state index in [2.05, 4.69) is 23.0 Å². The second-order valence-electron chi connectivity index (χ2n) is 8.16. The molecule has 0 spiro atoms. The molecule has 0 bridgehead atoms. The lowest BCUT2D eigenvalue weighted by molar-refractivity contribution is 0.102.